The molecule has 0 saturated carbocycles. The van der Waals surface area contributed by atoms with E-state index in [2.05, 4.69) is 4.72 Å². The minimum atomic E-state index is -3.70. The number of aromatic carboxylic acids is 1. The van der Waals surface area contributed by atoms with Gasteiger partial charge in [0.15, 0.2) is 0 Å². The zero-order chi connectivity index (χ0) is 15.3. The molecule has 1 aromatic rings. The van der Waals surface area contributed by atoms with E-state index in [1.807, 2.05) is 6.26 Å². The third-order valence-corrected chi connectivity index (χ3v) is 5.21. The number of benzene rings is 1. The molecule has 0 bridgehead atoms. The molecule has 1 aromatic carbocycles. The monoisotopic (exact) mass is 317 g/mol. The number of aryl methyl sites for hydroxylation is 1. The summed E-state index contributed by atoms with van der Waals surface area (Å²) in [4.78, 5) is 11.0. The van der Waals surface area contributed by atoms with Crippen molar-refractivity contribution in [1.82, 2.24) is 4.72 Å². The first-order chi connectivity index (χ1) is 9.27. The Morgan fingerprint density at radius 2 is 2.10 bits per heavy atom. The summed E-state index contributed by atoms with van der Waals surface area (Å²) in [7, 11) is -3.70. The van der Waals surface area contributed by atoms with Crippen molar-refractivity contribution in [3.8, 4) is 0 Å². The van der Waals surface area contributed by atoms with Crippen molar-refractivity contribution >= 4 is 27.8 Å². The number of hydrogen-bond acceptors (Lipinski definition) is 4. The molecular weight excluding hydrogens is 298 g/mol. The second kappa shape index (κ2) is 7.10. The van der Waals surface area contributed by atoms with Gasteiger partial charge in [-0.3, -0.25) is 0 Å². The molecule has 0 heterocycles. The molecule has 2 N–H and O–H groups in total. The van der Waals surface area contributed by atoms with Gasteiger partial charge in [-0.25, -0.2) is 17.9 Å². The van der Waals surface area contributed by atoms with Gasteiger partial charge in [0.1, 0.15) is 0 Å². The fourth-order valence-corrected chi connectivity index (χ4v) is 3.84. The molecule has 0 aliphatic heterocycles. The van der Waals surface area contributed by atoms with Gasteiger partial charge in [-0.15, -0.1) is 0 Å². The molecule has 1 atom stereocenters. The van der Waals surface area contributed by atoms with Crippen LogP contribution in [-0.4, -0.2) is 37.5 Å². The third-order valence-electron chi connectivity index (χ3n) is 2.84. The number of carboxylic acids is 1. The second-order valence-corrected chi connectivity index (χ2v) is 7.26. The van der Waals surface area contributed by atoms with Gasteiger partial charge < -0.3 is 5.11 Å². The largest absolute Gasteiger partial charge is 0.478 e. The van der Waals surface area contributed by atoms with Crippen LogP contribution in [0.25, 0.3) is 0 Å². The van der Waals surface area contributed by atoms with E-state index in [1.165, 1.54) is 18.2 Å². The Morgan fingerprint density at radius 1 is 1.45 bits per heavy atom. The molecule has 1 unspecified atom stereocenters. The van der Waals surface area contributed by atoms with Crippen molar-refractivity contribution in [3.63, 3.8) is 0 Å². The van der Waals surface area contributed by atoms with Gasteiger partial charge in [0, 0.05) is 6.04 Å². The third kappa shape index (κ3) is 4.50. The van der Waals surface area contributed by atoms with Crippen LogP contribution in [0.4, 0.5) is 0 Å². The number of carboxylic acid groups (broad SMARTS) is 1. The van der Waals surface area contributed by atoms with Gasteiger partial charge in [-0.2, -0.15) is 11.8 Å². The molecule has 1 rings (SSSR count). The van der Waals surface area contributed by atoms with Crippen molar-refractivity contribution in [1.29, 1.82) is 0 Å². The topological polar surface area (TPSA) is 83.5 Å². The molecule has 0 aliphatic carbocycles. The van der Waals surface area contributed by atoms with Crippen molar-refractivity contribution < 1.29 is 18.3 Å². The highest BCUT2D eigenvalue weighted by atomic mass is 32.2. The van der Waals surface area contributed by atoms with Crippen molar-refractivity contribution in [2.24, 2.45) is 0 Å². The Hall–Kier alpha value is -1.05. The fraction of sp³-hybridized carbons (Fsp3) is 0.462. The van der Waals surface area contributed by atoms with E-state index < -0.39 is 16.0 Å². The van der Waals surface area contributed by atoms with Crippen LogP contribution in [0, 0.1) is 6.92 Å². The normalized spacial score (nSPS) is 13.2. The van der Waals surface area contributed by atoms with Gasteiger partial charge in [0.05, 0.1) is 10.5 Å². The summed E-state index contributed by atoms with van der Waals surface area (Å²) >= 11 is 1.65. The van der Waals surface area contributed by atoms with Crippen molar-refractivity contribution in [3.05, 3.63) is 29.3 Å². The van der Waals surface area contributed by atoms with Crippen LogP contribution in [0.15, 0.2) is 23.1 Å². The minimum Gasteiger partial charge on any atom is -0.478 e. The predicted molar refractivity (Wildman–Crippen MR) is 80.9 cm³/mol. The van der Waals surface area contributed by atoms with Crippen LogP contribution < -0.4 is 4.72 Å². The molecule has 0 amide bonds. The lowest BCUT2D eigenvalue weighted by molar-refractivity contribution is 0.0696. The van der Waals surface area contributed by atoms with Gasteiger partial charge in [-0.05, 0) is 50.0 Å². The van der Waals surface area contributed by atoms with Crippen molar-refractivity contribution in [2.45, 2.75) is 31.2 Å². The van der Waals surface area contributed by atoms with Crippen LogP contribution in [0.5, 0.6) is 0 Å². The summed E-state index contributed by atoms with van der Waals surface area (Å²) in [6.07, 6.45) is 2.68. The maximum atomic E-state index is 12.3. The SMILES string of the molecule is CSCCC(C)NS(=O)(=O)c1cc(C(=O)O)ccc1C. The molecule has 0 radical (unpaired) electrons. The first kappa shape index (κ1) is 17.0. The molecule has 7 heteroatoms. The maximum Gasteiger partial charge on any atom is 0.335 e. The Labute approximate surface area is 123 Å². The van der Waals surface area contributed by atoms with E-state index in [1.54, 1.807) is 25.6 Å². The Kier molecular flexibility index (Phi) is 6.04. The molecule has 112 valence electrons. The van der Waals surface area contributed by atoms with E-state index in [9.17, 15) is 13.2 Å². The van der Waals surface area contributed by atoms with Crippen LogP contribution >= 0.6 is 11.8 Å². The Bertz CT molecular complexity index is 584. The van der Waals surface area contributed by atoms with Gasteiger partial charge in [0.2, 0.25) is 10.0 Å². The molecule has 0 fully saturated rings. The Morgan fingerprint density at radius 3 is 2.65 bits per heavy atom. The van der Waals surface area contributed by atoms with E-state index in [-0.39, 0.29) is 16.5 Å². The number of carbonyl (C=O) groups is 1. The van der Waals surface area contributed by atoms with Crippen LogP contribution in [-0.2, 0) is 10.0 Å². The summed E-state index contributed by atoms with van der Waals surface area (Å²) in [5, 5.41) is 8.95. The molecule has 0 saturated heterocycles. The highest BCUT2D eigenvalue weighted by Gasteiger charge is 2.20. The van der Waals surface area contributed by atoms with E-state index in [4.69, 9.17) is 5.11 Å². The van der Waals surface area contributed by atoms with Crippen molar-refractivity contribution in [2.75, 3.05) is 12.0 Å². The van der Waals surface area contributed by atoms with Gasteiger partial charge >= 0.3 is 5.97 Å². The molecule has 20 heavy (non-hydrogen) atoms. The molecule has 5 nitrogen and oxygen atoms in total. The zero-order valence-electron chi connectivity index (χ0n) is 11.7. The number of rotatable bonds is 7. The smallest absolute Gasteiger partial charge is 0.335 e. The fourth-order valence-electron chi connectivity index (χ4n) is 1.70. The van der Waals surface area contributed by atoms with Gasteiger partial charge in [-0.1, -0.05) is 6.07 Å². The average Bonchev–Trinajstić information content (AvgIpc) is 2.35. The summed E-state index contributed by atoms with van der Waals surface area (Å²) in [5.74, 6) is -0.283. The Balaban J connectivity index is 3.03. The van der Waals surface area contributed by atoms with Crippen LogP contribution in [0.3, 0.4) is 0 Å². The van der Waals surface area contributed by atoms with E-state index >= 15 is 0 Å². The quantitative estimate of drug-likeness (QED) is 0.805. The first-order valence-corrected chi connectivity index (χ1v) is 9.01. The predicted octanol–water partition coefficient (Wildman–Crippen LogP) is 2.11. The number of sulfonamides is 1. The molecule has 0 aliphatic rings. The molecular formula is C13H19NO4S2. The maximum absolute atomic E-state index is 12.3. The van der Waals surface area contributed by atoms with E-state index in [0.717, 1.165) is 12.2 Å². The lowest BCUT2D eigenvalue weighted by Crippen LogP contribution is -2.33. The van der Waals surface area contributed by atoms with Crippen LogP contribution in [0.1, 0.15) is 29.3 Å². The number of thioether (sulfide) groups is 1. The highest BCUT2D eigenvalue weighted by Crippen LogP contribution is 2.18. The zero-order valence-corrected chi connectivity index (χ0v) is 13.3. The lowest BCUT2D eigenvalue weighted by Gasteiger charge is -2.15. The molecule has 0 spiro atoms. The van der Waals surface area contributed by atoms with Gasteiger partial charge in [0.25, 0.3) is 0 Å². The molecule has 0 aromatic heterocycles. The van der Waals surface area contributed by atoms with Crippen LogP contribution in [0.2, 0.25) is 0 Å². The summed E-state index contributed by atoms with van der Waals surface area (Å²) in [6.45, 7) is 3.44. The van der Waals surface area contributed by atoms with E-state index in [0.29, 0.717) is 5.56 Å². The second-order valence-electron chi connectivity index (χ2n) is 4.59. The number of nitrogens with one attached hydrogen (secondary N) is 1. The number of hydrogen-bond donors (Lipinski definition) is 2. The summed E-state index contributed by atoms with van der Waals surface area (Å²) < 4.78 is 27.2. The first-order valence-electron chi connectivity index (χ1n) is 6.13. The summed E-state index contributed by atoms with van der Waals surface area (Å²) in [5.41, 5.74) is 0.493. The highest BCUT2D eigenvalue weighted by molar-refractivity contribution is 7.98. The summed E-state index contributed by atoms with van der Waals surface area (Å²) in [6, 6.07) is 3.90. The average molecular weight is 317 g/mol. The lowest BCUT2D eigenvalue weighted by atomic mass is 10.1. The standard InChI is InChI=1S/C13H19NO4S2/c1-9-4-5-11(13(15)16)8-12(9)20(17,18)14-10(2)6-7-19-3/h4-5,8,10,14H,6-7H2,1-3H3,(H,15,16). The minimum absolute atomic E-state index is 0.0217.